The van der Waals surface area contributed by atoms with Gasteiger partial charge in [-0.25, -0.2) is 0 Å². The van der Waals surface area contributed by atoms with Crippen molar-refractivity contribution in [2.75, 3.05) is 0 Å². The van der Waals surface area contributed by atoms with Gasteiger partial charge in [-0.2, -0.15) is 0 Å². The Morgan fingerprint density at radius 3 is 1.51 bits per heavy atom. The third-order valence-electron chi connectivity index (χ3n) is 18.4. The number of aryl methyl sites for hydroxylation is 1. The highest BCUT2D eigenvalue weighted by Crippen LogP contribution is 2.49. The summed E-state index contributed by atoms with van der Waals surface area (Å²) in [7, 11) is 0. The Morgan fingerprint density at radius 1 is 0.373 bits per heavy atom. The van der Waals surface area contributed by atoms with Crippen molar-refractivity contribution in [3.8, 4) is 56.1 Å². The van der Waals surface area contributed by atoms with E-state index in [4.69, 9.17) is 0 Å². The molecule has 2 atom stereocenters. The first-order valence-corrected chi connectivity index (χ1v) is 29.5. The molecule has 14 aromatic rings. The van der Waals surface area contributed by atoms with Crippen LogP contribution in [-0.2, 0) is 12.8 Å². The van der Waals surface area contributed by atoms with Gasteiger partial charge in [-0.3, -0.25) is 0 Å². The standard InChI is InChI=1S/C79H58N4/c1-51-21-20-33-64-63-32-16-17-34-69(63)80(78(51)64)60-49-76(81-72-41-37-56(52-22-6-2-7-23-52)45-65(72)66-46-57(38-42-73(66)81)53-24-8-3-9-25-53)79(83-70-35-18-14-30-61(70)62-31-15-19-36-71(62)83)77(50-60)82-74-43-39-58(54-26-10-4-11-27-54)47-67(74)68-48-59(40-44-75(68)82)55-28-12-5-13-29-55/h2-14,16-20,22-30,32-47,49-51,59H,15,21,31,48H2,1H3. The summed E-state index contributed by atoms with van der Waals surface area (Å²) in [5.74, 6) is 0.511. The van der Waals surface area contributed by atoms with Gasteiger partial charge in [0.25, 0.3) is 0 Å². The van der Waals surface area contributed by atoms with Gasteiger partial charge in [0.05, 0.1) is 50.3 Å². The second kappa shape index (κ2) is 19.0. The average Bonchev–Trinajstić information content (AvgIpc) is 2.64. The van der Waals surface area contributed by atoms with Gasteiger partial charge < -0.3 is 18.3 Å². The molecule has 0 bridgehead atoms. The fraction of sp³-hybridized carbons (Fsp3) is 0.0886. The maximum Gasteiger partial charge on any atom is 0.0948 e. The Morgan fingerprint density at radius 2 is 0.880 bits per heavy atom. The molecule has 4 aromatic heterocycles. The Bertz CT molecular complexity index is 4920. The number of nitrogens with zero attached hydrogens (tertiary/aromatic N) is 4. The lowest BCUT2D eigenvalue weighted by molar-refractivity contribution is 0.723. The van der Waals surface area contributed by atoms with Crippen LogP contribution in [0.1, 0.15) is 70.9 Å². The summed E-state index contributed by atoms with van der Waals surface area (Å²) in [6.07, 6.45) is 18.3. The van der Waals surface area contributed by atoms with Crippen LogP contribution < -0.4 is 0 Å². The third kappa shape index (κ3) is 7.45. The Balaban J connectivity index is 1.07. The van der Waals surface area contributed by atoms with E-state index in [-0.39, 0.29) is 11.8 Å². The highest BCUT2D eigenvalue weighted by Gasteiger charge is 2.32. The van der Waals surface area contributed by atoms with E-state index in [0.717, 1.165) is 59.5 Å². The van der Waals surface area contributed by atoms with Crippen LogP contribution in [0.5, 0.6) is 0 Å². The van der Waals surface area contributed by atoms with Gasteiger partial charge in [0.2, 0.25) is 0 Å². The summed E-state index contributed by atoms with van der Waals surface area (Å²) in [5, 5.41) is 6.29. The molecule has 0 radical (unpaired) electrons. The van der Waals surface area contributed by atoms with Crippen LogP contribution in [0.25, 0.3) is 129 Å². The molecule has 0 spiro atoms. The van der Waals surface area contributed by atoms with Crippen molar-refractivity contribution >= 4 is 72.7 Å². The third-order valence-corrected chi connectivity index (χ3v) is 18.4. The molecule has 4 nitrogen and oxygen atoms in total. The van der Waals surface area contributed by atoms with Crippen molar-refractivity contribution in [3.63, 3.8) is 0 Å². The summed E-state index contributed by atoms with van der Waals surface area (Å²) in [6.45, 7) is 2.41. The number of rotatable bonds is 8. The first-order chi connectivity index (χ1) is 41.1. The maximum atomic E-state index is 2.66. The van der Waals surface area contributed by atoms with Gasteiger partial charge in [-0.15, -0.1) is 0 Å². The highest BCUT2D eigenvalue weighted by atomic mass is 15.1. The van der Waals surface area contributed by atoms with Crippen LogP contribution in [0.3, 0.4) is 0 Å². The topological polar surface area (TPSA) is 19.7 Å². The van der Waals surface area contributed by atoms with E-state index in [1.165, 1.54) is 116 Å². The van der Waals surface area contributed by atoms with Crippen LogP contribution in [0.4, 0.5) is 0 Å². The molecule has 83 heavy (non-hydrogen) atoms. The smallest absolute Gasteiger partial charge is 0.0948 e. The quantitative estimate of drug-likeness (QED) is 0.145. The summed E-state index contributed by atoms with van der Waals surface area (Å²) < 4.78 is 10.6. The van der Waals surface area contributed by atoms with E-state index in [2.05, 4.69) is 298 Å². The molecular formula is C79H58N4. The molecule has 4 heteroatoms. The van der Waals surface area contributed by atoms with Crippen molar-refractivity contribution < 1.29 is 0 Å². The van der Waals surface area contributed by atoms with Crippen LogP contribution in [0.15, 0.2) is 255 Å². The predicted molar refractivity (Wildman–Crippen MR) is 349 cm³/mol. The number of allylic oxidation sites excluding steroid dienone is 3. The molecule has 4 heterocycles. The van der Waals surface area contributed by atoms with Crippen molar-refractivity contribution in [1.82, 2.24) is 18.3 Å². The Labute approximate surface area is 483 Å². The minimum absolute atomic E-state index is 0.224. The van der Waals surface area contributed by atoms with Crippen molar-refractivity contribution in [3.05, 3.63) is 294 Å². The summed E-state index contributed by atoms with van der Waals surface area (Å²) in [5.41, 5.74) is 26.9. The minimum atomic E-state index is 0.224. The highest BCUT2D eigenvalue weighted by molar-refractivity contribution is 6.12. The molecule has 0 N–H and O–H groups in total. The van der Waals surface area contributed by atoms with Gasteiger partial charge in [0.1, 0.15) is 0 Å². The van der Waals surface area contributed by atoms with Gasteiger partial charge >= 0.3 is 0 Å². The first-order valence-electron chi connectivity index (χ1n) is 29.5. The number of para-hydroxylation sites is 2. The second-order valence-electron chi connectivity index (χ2n) is 23.1. The number of hydrogen-bond donors (Lipinski definition) is 0. The van der Waals surface area contributed by atoms with E-state index in [9.17, 15) is 0 Å². The van der Waals surface area contributed by atoms with Crippen LogP contribution >= 0.6 is 0 Å². The molecule has 0 amide bonds. The molecule has 3 aliphatic carbocycles. The van der Waals surface area contributed by atoms with Gasteiger partial charge in [-0.05, 0) is 149 Å². The average molecular weight is 1060 g/mol. The minimum Gasteiger partial charge on any atom is -0.313 e. The lowest BCUT2D eigenvalue weighted by Crippen LogP contribution is -2.15. The van der Waals surface area contributed by atoms with E-state index in [1.807, 2.05) is 0 Å². The number of benzene rings is 10. The normalized spacial score (nSPS) is 15.4. The molecule has 3 aliphatic rings. The van der Waals surface area contributed by atoms with Gasteiger partial charge in [0, 0.05) is 61.4 Å². The first kappa shape index (κ1) is 47.6. The molecular weight excluding hydrogens is 1000 g/mol. The molecule has 17 rings (SSSR count). The van der Waals surface area contributed by atoms with Crippen LogP contribution in [0.2, 0.25) is 0 Å². The van der Waals surface area contributed by atoms with Gasteiger partial charge in [0.15, 0.2) is 0 Å². The predicted octanol–water partition coefficient (Wildman–Crippen LogP) is 20.4. The van der Waals surface area contributed by atoms with E-state index < -0.39 is 0 Å². The summed E-state index contributed by atoms with van der Waals surface area (Å²) in [6, 6.07) is 88.7. The lowest BCUT2D eigenvalue weighted by Gasteiger charge is -2.27. The fourth-order valence-electron chi connectivity index (χ4n) is 14.6. The largest absolute Gasteiger partial charge is 0.313 e. The zero-order chi connectivity index (χ0) is 54.7. The van der Waals surface area contributed by atoms with Gasteiger partial charge in [-0.1, -0.05) is 207 Å². The molecule has 2 unspecified atom stereocenters. The van der Waals surface area contributed by atoms with Crippen molar-refractivity contribution in [1.29, 1.82) is 0 Å². The SMILES string of the molecule is CC1CC=Cc2c1n(-c1cc(-n3c4c(c5cc(-c6ccccc6)ccc53)CC(c3ccccc3)C=C4)c(-n3c4c(c5ccccc53)CCC=C4)c(-n3c4ccc(-c5ccccc5)cc4c4cc(-c5ccccc5)ccc43)c1)c1ccccc21. The maximum absolute atomic E-state index is 2.66. The summed E-state index contributed by atoms with van der Waals surface area (Å²) >= 11 is 0. The van der Waals surface area contributed by atoms with Crippen molar-refractivity contribution in [2.24, 2.45) is 0 Å². The van der Waals surface area contributed by atoms with E-state index in [0.29, 0.717) is 0 Å². The second-order valence-corrected chi connectivity index (χ2v) is 23.1. The number of fused-ring (bicyclic) bond motifs is 12. The van der Waals surface area contributed by atoms with E-state index >= 15 is 0 Å². The van der Waals surface area contributed by atoms with Crippen molar-refractivity contribution in [2.45, 2.75) is 44.4 Å². The lowest BCUT2D eigenvalue weighted by atomic mass is 9.86. The zero-order valence-corrected chi connectivity index (χ0v) is 46.3. The van der Waals surface area contributed by atoms with Crippen LogP contribution in [0, 0.1) is 0 Å². The molecule has 0 aliphatic heterocycles. The van der Waals surface area contributed by atoms with Crippen LogP contribution in [-0.4, -0.2) is 18.3 Å². The number of aromatic nitrogens is 4. The van der Waals surface area contributed by atoms with E-state index in [1.54, 1.807) is 0 Å². The molecule has 0 saturated heterocycles. The Hall–Kier alpha value is -10.2. The molecule has 394 valence electrons. The zero-order valence-electron chi connectivity index (χ0n) is 46.3. The molecule has 0 fully saturated rings. The monoisotopic (exact) mass is 1060 g/mol. The molecule has 10 aromatic carbocycles. The molecule has 0 saturated carbocycles. The summed E-state index contributed by atoms with van der Waals surface area (Å²) in [4.78, 5) is 0. The Kier molecular flexibility index (Phi) is 10.9. The number of hydrogen-bond acceptors (Lipinski definition) is 0. The fourth-order valence-corrected chi connectivity index (χ4v) is 14.6.